The van der Waals surface area contributed by atoms with Gasteiger partial charge in [-0.1, -0.05) is 47.6 Å². The molecule has 0 saturated carbocycles. The van der Waals surface area contributed by atoms with Gasteiger partial charge in [0, 0.05) is 23.5 Å². The van der Waals surface area contributed by atoms with Crippen molar-refractivity contribution in [3.8, 4) is 5.75 Å². The van der Waals surface area contributed by atoms with Gasteiger partial charge < -0.3 is 15.4 Å². The predicted octanol–water partition coefficient (Wildman–Crippen LogP) is 6.10. The highest BCUT2D eigenvalue weighted by molar-refractivity contribution is 6.06. The number of hydrogen-bond acceptors (Lipinski definition) is 3. The number of rotatable bonds is 2. The molecule has 0 bridgehead atoms. The maximum Gasteiger partial charge on any atom is 0.417 e. The van der Waals surface area contributed by atoms with Crippen molar-refractivity contribution in [2.75, 3.05) is 5.32 Å². The van der Waals surface area contributed by atoms with E-state index in [-0.39, 0.29) is 22.4 Å². The first-order chi connectivity index (χ1) is 15.0. The molecule has 3 N–H and O–H groups in total. The number of fused-ring (bicyclic) bond motifs is 1. The number of H-pyrrole nitrogens is 1. The van der Waals surface area contributed by atoms with Crippen LogP contribution in [0.1, 0.15) is 68.6 Å². The summed E-state index contributed by atoms with van der Waals surface area (Å²) in [5.41, 5.74) is -1.74. The first-order valence-electron chi connectivity index (χ1n) is 10.4. The molecule has 0 fully saturated rings. The van der Waals surface area contributed by atoms with E-state index in [9.17, 15) is 27.9 Å². The summed E-state index contributed by atoms with van der Waals surface area (Å²) < 4.78 is 40.4. The third-order valence-electron chi connectivity index (χ3n) is 5.46. The van der Waals surface area contributed by atoms with Gasteiger partial charge in [0.05, 0.1) is 10.9 Å². The minimum atomic E-state index is -4.75. The normalized spacial score (nSPS) is 12.8. The molecule has 1 heterocycles. The standard InChI is InChI=1S/C25H27F3N2O3/c1-23(2,3)15-10-16(24(4,5)6)19(31)11-18(15)30-22(33)13-12-29-17-9-7-8-14(25(26,27)28)20(17)21(13)32/h7-12,31H,1-6H3,(H,29,32)(H,30,33). The second kappa shape index (κ2) is 7.93. The molecule has 0 saturated heterocycles. The van der Waals surface area contributed by atoms with E-state index in [1.54, 1.807) is 6.07 Å². The molecule has 3 aromatic rings. The number of anilines is 1. The van der Waals surface area contributed by atoms with E-state index in [4.69, 9.17) is 0 Å². The van der Waals surface area contributed by atoms with Crippen LogP contribution in [0.4, 0.5) is 18.9 Å². The highest BCUT2D eigenvalue weighted by Gasteiger charge is 2.34. The second-order valence-corrected chi connectivity index (χ2v) is 10.1. The zero-order valence-electron chi connectivity index (χ0n) is 19.4. The van der Waals surface area contributed by atoms with Gasteiger partial charge in [-0.2, -0.15) is 13.2 Å². The topological polar surface area (TPSA) is 82.2 Å². The van der Waals surface area contributed by atoms with E-state index >= 15 is 0 Å². The van der Waals surface area contributed by atoms with Crippen LogP contribution < -0.4 is 10.7 Å². The fourth-order valence-corrected chi connectivity index (χ4v) is 3.77. The molecule has 0 spiro atoms. The minimum Gasteiger partial charge on any atom is -0.508 e. The number of halogens is 3. The summed E-state index contributed by atoms with van der Waals surface area (Å²) in [6, 6.07) is 6.55. The molecule has 1 amide bonds. The Kier molecular flexibility index (Phi) is 5.86. The predicted molar refractivity (Wildman–Crippen MR) is 123 cm³/mol. The van der Waals surface area contributed by atoms with Crippen LogP contribution in [0.5, 0.6) is 5.75 Å². The Morgan fingerprint density at radius 3 is 2.09 bits per heavy atom. The summed E-state index contributed by atoms with van der Waals surface area (Å²) in [4.78, 5) is 28.6. The first kappa shape index (κ1) is 24.4. The first-order valence-corrected chi connectivity index (χ1v) is 10.4. The lowest BCUT2D eigenvalue weighted by Gasteiger charge is -2.28. The maximum absolute atomic E-state index is 13.5. The second-order valence-electron chi connectivity index (χ2n) is 10.1. The molecule has 5 nitrogen and oxygen atoms in total. The largest absolute Gasteiger partial charge is 0.508 e. The highest BCUT2D eigenvalue weighted by atomic mass is 19.4. The van der Waals surface area contributed by atoms with Gasteiger partial charge >= 0.3 is 6.18 Å². The number of aromatic nitrogens is 1. The van der Waals surface area contributed by atoms with Crippen LogP contribution in [0.15, 0.2) is 41.3 Å². The molecule has 0 atom stereocenters. The van der Waals surface area contributed by atoms with Crippen molar-refractivity contribution in [1.82, 2.24) is 4.98 Å². The van der Waals surface area contributed by atoms with Crippen molar-refractivity contribution in [3.05, 3.63) is 69.0 Å². The molecule has 1 aromatic heterocycles. The van der Waals surface area contributed by atoms with E-state index in [1.165, 1.54) is 18.2 Å². The van der Waals surface area contributed by atoms with Gasteiger partial charge in [-0.05, 0) is 40.2 Å². The molecule has 2 aromatic carbocycles. The number of nitrogens with one attached hydrogen (secondary N) is 2. The summed E-state index contributed by atoms with van der Waals surface area (Å²) in [7, 11) is 0. The lowest BCUT2D eigenvalue weighted by molar-refractivity contribution is -0.136. The number of phenolic OH excluding ortho intramolecular Hbond substituents is 1. The number of amides is 1. The average Bonchev–Trinajstić information content (AvgIpc) is 2.65. The van der Waals surface area contributed by atoms with Gasteiger partial charge in [0.1, 0.15) is 11.3 Å². The van der Waals surface area contributed by atoms with E-state index in [0.29, 0.717) is 11.1 Å². The van der Waals surface area contributed by atoms with Crippen LogP contribution in [-0.2, 0) is 17.0 Å². The number of aromatic hydroxyl groups is 1. The van der Waals surface area contributed by atoms with Gasteiger partial charge in [0.15, 0.2) is 0 Å². The molecule has 3 rings (SSSR count). The van der Waals surface area contributed by atoms with Gasteiger partial charge in [-0.25, -0.2) is 0 Å². The van der Waals surface area contributed by atoms with Crippen molar-refractivity contribution in [2.24, 2.45) is 0 Å². The summed E-state index contributed by atoms with van der Waals surface area (Å²) >= 11 is 0. The van der Waals surface area contributed by atoms with Crippen LogP contribution in [0.2, 0.25) is 0 Å². The Morgan fingerprint density at radius 2 is 1.55 bits per heavy atom. The van der Waals surface area contributed by atoms with Crippen molar-refractivity contribution in [3.63, 3.8) is 0 Å². The molecular weight excluding hydrogens is 433 g/mol. The Balaban J connectivity index is 2.15. The monoisotopic (exact) mass is 460 g/mol. The third kappa shape index (κ3) is 4.74. The van der Waals surface area contributed by atoms with Gasteiger partial charge in [0.2, 0.25) is 5.43 Å². The van der Waals surface area contributed by atoms with Crippen molar-refractivity contribution < 1.29 is 23.1 Å². The molecule has 0 aliphatic heterocycles. The van der Waals surface area contributed by atoms with Crippen molar-refractivity contribution in [1.29, 1.82) is 0 Å². The van der Waals surface area contributed by atoms with Crippen molar-refractivity contribution >= 4 is 22.5 Å². The number of alkyl halides is 3. The summed E-state index contributed by atoms with van der Waals surface area (Å²) in [6.45, 7) is 11.6. The van der Waals surface area contributed by atoms with E-state index in [1.807, 2.05) is 41.5 Å². The molecule has 8 heteroatoms. The Morgan fingerprint density at radius 1 is 0.939 bits per heavy atom. The number of hydrogen-bond donors (Lipinski definition) is 3. The number of phenols is 1. The molecule has 0 radical (unpaired) electrons. The molecule has 0 aliphatic rings. The fraction of sp³-hybridized carbons (Fsp3) is 0.360. The number of carbonyl (C=O) groups is 1. The smallest absolute Gasteiger partial charge is 0.417 e. The molecule has 0 unspecified atom stereocenters. The zero-order chi connectivity index (χ0) is 24.9. The summed E-state index contributed by atoms with van der Waals surface area (Å²) in [6.07, 6.45) is -3.66. The van der Waals surface area contributed by atoms with Crippen LogP contribution in [0, 0.1) is 0 Å². The van der Waals surface area contributed by atoms with E-state index in [2.05, 4.69) is 10.3 Å². The number of aromatic amines is 1. The van der Waals surface area contributed by atoms with Crippen LogP contribution in [-0.4, -0.2) is 16.0 Å². The highest BCUT2D eigenvalue weighted by Crippen LogP contribution is 2.40. The lowest BCUT2D eigenvalue weighted by Crippen LogP contribution is -2.26. The summed E-state index contributed by atoms with van der Waals surface area (Å²) in [5, 5.41) is 12.6. The maximum atomic E-state index is 13.5. The van der Waals surface area contributed by atoms with Crippen molar-refractivity contribution in [2.45, 2.75) is 58.5 Å². The van der Waals surface area contributed by atoms with Crippen LogP contribution in [0.3, 0.4) is 0 Å². The van der Waals surface area contributed by atoms with Crippen LogP contribution in [0.25, 0.3) is 10.9 Å². The number of benzene rings is 2. The number of pyridine rings is 1. The average molecular weight is 460 g/mol. The molecular formula is C25H27F3N2O3. The van der Waals surface area contributed by atoms with Crippen LogP contribution >= 0.6 is 0 Å². The lowest BCUT2D eigenvalue weighted by atomic mass is 9.79. The SMILES string of the molecule is CC(C)(C)c1cc(C(C)(C)C)c(NC(=O)c2c[nH]c3cccc(C(F)(F)F)c3c2=O)cc1O. The number of carbonyl (C=O) groups excluding carboxylic acids is 1. The zero-order valence-corrected chi connectivity index (χ0v) is 19.4. The van der Waals surface area contributed by atoms with E-state index < -0.39 is 39.4 Å². The molecule has 33 heavy (non-hydrogen) atoms. The Hall–Kier alpha value is -3.29. The molecule has 0 aliphatic carbocycles. The quantitative estimate of drug-likeness (QED) is 0.432. The minimum absolute atomic E-state index is 0.0195. The fourth-order valence-electron chi connectivity index (χ4n) is 3.77. The van der Waals surface area contributed by atoms with E-state index in [0.717, 1.165) is 12.3 Å². The van der Waals surface area contributed by atoms with Gasteiger partial charge in [0.25, 0.3) is 5.91 Å². The van der Waals surface area contributed by atoms with Gasteiger partial charge in [-0.15, -0.1) is 0 Å². The Bertz CT molecular complexity index is 1290. The summed E-state index contributed by atoms with van der Waals surface area (Å²) in [5.74, 6) is -0.902. The van der Waals surface area contributed by atoms with Gasteiger partial charge in [-0.3, -0.25) is 9.59 Å². The molecule has 176 valence electrons. The Labute approximate surface area is 189 Å². The third-order valence-corrected chi connectivity index (χ3v) is 5.46.